The number of hydrogen-bond donors (Lipinski definition) is 1. The number of carbonyl (C=O) groups excluding carboxylic acids is 1. The summed E-state index contributed by atoms with van der Waals surface area (Å²) in [7, 11) is 1.72. The zero-order valence-electron chi connectivity index (χ0n) is 13.7. The monoisotopic (exact) mass is 375 g/mol. The number of rotatable bonds is 2. The molecule has 1 fully saturated rings. The molecule has 0 aromatic heterocycles. The van der Waals surface area contributed by atoms with E-state index >= 15 is 0 Å². The maximum Gasteiger partial charge on any atom is 0.238 e. The zero-order chi connectivity index (χ0) is 16.8. The first-order valence-electron chi connectivity index (χ1n) is 7.81. The zero-order valence-corrected chi connectivity index (χ0v) is 15.3. The highest BCUT2D eigenvalue weighted by Gasteiger charge is 2.63. The Morgan fingerprint density at radius 2 is 2.30 bits per heavy atom. The number of nitrogens with two attached hydrogens (primary N) is 1. The molecule has 1 heterocycles. The number of fused-ring (bicyclic) bond motifs is 3. The Morgan fingerprint density at radius 3 is 2.96 bits per heavy atom. The summed E-state index contributed by atoms with van der Waals surface area (Å²) in [6.07, 6.45) is 14.0. The Kier molecular flexibility index (Phi) is 3.87. The first-order valence-corrected chi connectivity index (χ1v) is 8.61. The van der Waals surface area contributed by atoms with Crippen molar-refractivity contribution in [2.45, 2.75) is 32.2 Å². The lowest BCUT2D eigenvalue weighted by Crippen LogP contribution is -2.62. The van der Waals surface area contributed by atoms with Gasteiger partial charge in [0.05, 0.1) is 11.0 Å². The third kappa shape index (κ3) is 2.33. The van der Waals surface area contributed by atoms with E-state index in [2.05, 4.69) is 34.2 Å². The maximum absolute atomic E-state index is 13.3. The van der Waals surface area contributed by atoms with E-state index in [0.717, 1.165) is 17.3 Å². The van der Waals surface area contributed by atoms with Crippen LogP contribution in [0.3, 0.4) is 0 Å². The van der Waals surface area contributed by atoms with Gasteiger partial charge in [0.15, 0.2) is 5.96 Å². The Labute approximate surface area is 145 Å². The fraction of sp³-hybridized carbons (Fsp3) is 0.444. The third-order valence-corrected chi connectivity index (χ3v) is 5.59. The van der Waals surface area contributed by atoms with E-state index in [1.807, 2.05) is 32.1 Å². The molecule has 1 amide bonds. The van der Waals surface area contributed by atoms with Gasteiger partial charge in [0.25, 0.3) is 0 Å². The lowest BCUT2D eigenvalue weighted by molar-refractivity contribution is -0.142. The average Bonchev–Trinajstić information content (AvgIpc) is 2.75. The number of hydrogen-bond acceptors (Lipinski definition) is 3. The second kappa shape index (κ2) is 5.48. The third-order valence-electron chi connectivity index (χ3n) is 5.32. The minimum absolute atomic E-state index is 0.0663. The van der Waals surface area contributed by atoms with Crippen molar-refractivity contribution in [3.05, 3.63) is 46.5 Å². The van der Waals surface area contributed by atoms with Crippen LogP contribution in [0.4, 0.5) is 0 Å². The molecule has 2 unspecified atom stereocenters. The summed E-state index contributed by atoms with van der Waals surface area (Å²) in [5.74, 6) is 0.515. The molecule has 1 spiro atoms. The van der Waals surface area contributed by atoms with Crippen molar-refractivity contribution in [2.75, 3.05) is 7.05 Å². The van der Waals surface area contributed by atoms with Crippen LogP contribution in [-0.2, 0) is 4.79 Å². The summed E-state index contributed by atoms with van der Waals surface area (Å²) in [6.45, 7) is 3.99. The van der Waals surface area contributed by atoms with Crippen LogP contribution in [0.5, 0.6) is 0 Å². The lowest BCUT2D eigenvalue weighted by atomic mass is 9.62. The van der Waals surface area contributed by atoms with Gasteiger partial charge in [-0.05, 0) is 37.1 Å². The minimum Gasteiger partial charge on any atom is -0.369 e. The molecule has 2 N–H and O–H groups in total. The highest BCUT2D eigenvalue weighted by Crippen LogP contribution is 2.58. The number of carbonyl (C=O) groups is 1. The molecule has 5 heteroatoms. The van der Waals surface area contributed by atoms with Crippen LogP contribution in [0.2, 0.25) is 0 Å². The Balaban J connectivity index is 2.16. The van der Waals surface area contributed by atoms with Gasteiger partial charge in [-0.15, -0.1) is 0 Å². The van der Waals surface area contributed by atoms with Gasteiger partial charge >= 0.3 is 0 Å². The Morgan fingerprint density at radius 1 is 1.57 bits per heavy atom. The quantitative estimate of drug-likeness (QED) is 0.752. The van der Waals surface area contributed by atoms with Crippen LogP contribution in [0.25, 0.3) is 0 Å². The molecule has 2 bridgehead atoms. The van der Waals surface area contributed by atoms with Crippen molar-refractivity contribution in [3.8, 4) is 0 Å². The lowest BCUT2D eigenvalue weighted by Gasteiger charge is -2.49. The molecule has 1 aliphatic heterocycles. The van der Waals surface area contributed by atoms with E-state index in [1.165, 1.54) is 10.5 Å². The number of aliphatic imine (C=N–C) groups is 1. The van der Waals surface area contributed by atoms with Gasteiger partial charge in [-0.2, -0.15) is 0 Å². The summed E-state index contributed by atoms with van der Waals surface area (Å²) in [4.78, 5) is 19.5. The molecule has 3 atom stereocenters. The molecule has 0 aromatic rings. The predicted molar refractivity (Wildman–Crippen MR) is 97.0 cm³/mol. The van der Waals surface area contributed by atoms with Crippen LogP contribution in [0, 0.1) is 11.3 Å². The smallest absolute Gasteiger partial charge is 0.238 e. The fourth-order valence-corrected chi connectivity index (χ4v) is 4.23. The second-order valence-corrected chi connectivity index (χ2v) is 8.01. The highest BCUT2D eigenvalue weighted by atomic mass is 79.9. The summed E-state index contributed by atoms with van der Waals surface area (Å²) in [6, 6.07) is 0. The molecule has 0 aromatic carbocycles. The summed E-state index contributed by atoms with van der Waals surface area (Å²) in [5.41, 5.74) is 6.10. The maximum atomic E-state index is 13.3. The van der Waals surface area contributed by atoms with Crippen LogP contribution in [-0.4, -0.2) is 29.4 Å². The van der Waals surface area contributed by atoms with Gasteiger partial charge in [0.2, 0.25) is 5.91 Å². The Hall–Kier alpha value is -1.62. The minimum atomic E-state index is -0.658. The first-order chi connectivity index (χ1) is 10.8. The van der Waals surface area contributed by atoms with Crippen LogP contribution in [0.1, 0.15) is 26.7 Å². The van der Waals surface area contributed by atoms with E-state index in [0.29, 0.717) is 0 Å². The summed E-state index contributed by atoms with van der Waals surface area (Å²) >= 11 is 3.42. The fourth-order valence-electron chi connectivity index (χ4n) is 4.08. The topological polar surface area (TPSA) is 58.7 Å². The number of amides is 1. The first kappa shape index (κ1) is 16.2. The highest BCUT2D eigenvalue weighted by molar-refractivity contribution is 9.11. The van der Waals surface area contributed by atoms with E-state index in [-0.39, 0.29) is 17.8 Å². The summed E-state index contributed by atoms with van der Waals surface area (Å²) in [5, 5.41) is 0. The van der Waals surface area contributed by atoms with E-state index in [1.54, 1.807) is 7.05 Å². The van der Waals surface area contributed by atoms with Gasteiger partial charge < -0.3 is 5.73 Å². The van der Waals surface area contributed by atoms with Gasteiger partial charge in [0, 0.05) is 7.05 Å². The Bertz CT molecular complexity index is 699. The van der Waals surface area contributed by atoms with Crippen molar-refractivity contribution in [1.82, 2.24) is 4.90 Å². The van der Waals surface area contributed by atoms with Gasteiger partial charge in [-0.25, -0.2) is 4.99 Å². The number of nitrogens with zero attached hydrogens (tertiary/aromatic N) is 2. The molecule has 0 saturated heterocycles. The second-order valence-electron chi connectivity index (χ2n) is 6.76. The largest absolute Gasteiger partial charge is 0.369 e. The molecule has 23 heavy (non-hydrogen) atoms. The SMILES string of the molecule is C/C(Br)=C\C=C\[C@@]1(C)N=C(N)N(C)C(=O)C12CC1=CC=CC2C1. The van der Waals surface area contributed by atoms with Crippen LogP contribution < -0.4 is 5.73 Å². The predicted octanol–water partition coefficient (Wildman–Crippen LogP) is 3.28. The van der Waals surface area contributed by atoms with E-state index in [4.69, 9.17) is 10.7 Å². The number of guanidine groups is 1. The van der Waals surface area contributed by atoms with Crippen molar-refractivity contribution >= 4 is 27.8 Å². The standard InChI is InChI=1S/C18H22BrN3O/c1-12(19)6-5-9-17(2)18(15(23)22(3)16(20)21-17)11-13-7-4-8-14(18)10-13/h4-9,14H,10-11H2,1-3H3,(H2,20,21)/b9-5+,12-6+/t14?,17-,18?/m1/s1. The normalized spacial score (nSPS) is 36.9. The molecule has 3 aliphatic rings. The average molecular weight is 376 g/mol. The molecule has 122 valence electrons. The van der Waals surface area contributed by atoms with Crippen molar-refractivity contribution < 1.29 is 4.79 Å². The molecule has 4 nitrogen and oxygen atoms in total. The number of halogens is 1. The molecule has 0 radical (unpaired) electrons. The van der Waals surface area contributed by atoms with Crippen molar-refractivity contribution in [3.63, 3.8) is 0 Å². The molecular weight excluding hydrogens is 354 g/mol. The van der Waals surface area contributed by atoms with Gasteiger partial charge in [-0.3, -0.25) is 9.69 Å². The molecule has 1 saturated carbocycles. The van der Waals surface area contributed by atoms with Crippen LogP contribution >= 0.6 is 15.9 Å². The van der Waals surface area contributed by atoms with Crippen molar-refractivity contribution in [1.29, 1.82) is 0 Å². The molecule has 2 aliphatic carbocycles. The van der Waals surface area contributed by atoms with Gasteiger partial charge in [-0.1, -0.05) is 58.0 Å². The molecular formula is C18H22BrN3O. The van der Waals surface area contributed by atoms with E-state index < -0.39 is 11.0 Å². The number of allylic oxidation sites excluding steroid dienone is 7. The van der Waals surface area contributed by atoms with Crippen LogP contribution in [0.15, 0.2) is 51.5 Å². The van der Waals surface area contributed by atoms with Crippen molar-refractivity contribution in [2.24, 2.45) is 22.1 Å². The van der Waals surface area contributed by atoms with E-state index in [9.17, 15) is 4.79 Å². The summed E-state index contributed by atoms with van der Waals surface area (Å²) < 4.78 is 1.02. The molecule has 3 rings (SSSR count). The van der Waals surface area contributed by atoms with Gasteiger partial charge in [0.1, 0.15) is 0 Å².